The van der Waals surface area contributed by atoms with Crippen LogP contribution >= 0.6 is 11.6 Å². The first-order valence-corrected chi connectivity index (χ1v) is 4.19. The molecule has 6 heteroatoms. The van der Waals surface area contributed by atoms with Gasteiger partial charge in [0.1, 0.15) is 0 Å². The number of halogens is 3. The van der Waals surface area contributed by atoms with Crippen LogP contribution < -0.4 is 5.56 Å². The van der Waals surface area contributed by atoms with E-state index in [0.29, 0.717) is 6.29 Å². The van der Waals surface area contributed by atoms with Crippen molar-refractivity contribution in [2.24, 2.45) is 0 Å². The predicted molar refractivity (Wildman–Crippen MR) is 47.0 cm³/mol. The van der Waals surface area contributed by atoms with E-state index in [4.69, 9.17) is 11.6 Å². The highest BCUT2D eigenvalue weighted by molar-refractivity contribution is 6.17. The summed E-state index contributed by atoms with van der Waals surface area (Å²) in [5, 5.41) is 0. The number of aldehydes is 1. The van der Waals surface area contributed by atoms with E-state index in [-0.39, 0.29) is 17.0 Å². The van der Waals surface area contributed by atoms with Gasteiger partial charge in [0, 0.05) is 17.2 Å². The standard InChI is InChI=1S/C8H6ClF2NO2/c9-2-5-4(3-13)1-6(14)12-7(5)8(10)11/h1,3,8H,2H2,(H,12,14). The molecule has 0 aliphatic carbocycles. The molecule has 76 valence electrons. The molecule has 1 aromatic heterocycles. The quantitative estimate of drug-likeness (QED) is 0.626. The van der Waals surface area contributed by atoms with Gasteiger partial charge in [0.25, 0.3) is 6.43 Å². The Balaban J connectivity index is 3.47. The first kappa shape index (κ1) is 10.8. The Labute approximate surface area is 82.7 Å². The molecule has 0 spiro atoms. The number of alkyl halides is 3. The Morgan fingerprint density at radius 3 is 2.64 bits per heavy atom. The molecule has 0 aromatic carbocycles. The summed E-state index contributed by atoms with van der Waals surface area (Å²) in [6, 6.07) is 0.941. The Morgan fingerprint density at radius 2 is 2.21 bits per heavy atom. The Bertz CT molecular complexity index is 403. The summed E-state index contributed by atoms with van der Waals surface area (Å²) < 4.78 is 24.7. The summed E-state index contributed by atoms with van der Waals surface area (Å²) in [5.41, 5.74) is -1.46. The van der Waals surface area contributed by atoms with Crippen LogP contribution in [0.25, 0.3) is 0 Å². The van der Waals surface area contributed by atoms with Gasteiger partial charge in [-0.3, -0.25) is 9.59 Å². The number of nitrogens with one attached hydrogen (secondary N) is 1. The normalized spacial score (nSPS) is 10.6. The Morgan fingerprint density at radius 1 is 1.57 bits per heavy atom. The van der Waals surface area contributed by atoms with Crippen LogP contribution in [-0.2, 0) is 5.88 Å². The van der Waals surface area contributed by atoms with Gasteiger partial charge in [0.15, 0.2) is 6.29 Å². The zero-order chi connectivity index (χ0) is 10.7. The fourth-order valence-electron chi connectivity index (χ4n) is 1.07. The van der Waals surface area contributed by atoms with Crippen molar-refractivity contribution < 1.29 is 13.6 Å². The Kier molecular flexibility index (Phi) is 3.35. The van der Waals surface area contributed by atoms with Crippen molar-refractivity contribution in [1.82, 2.24) is 4.98 Å². The lowest BCUT2D eigenvalue weighted by Gasteiger charge is -2.07. The van der Waals surface area contributed by atoms with Crippen LogP contribution in [0, 0.1) is 0 Å². The molecule has 0 saturated heterocycles. The number of hydrogen-bond acceptors (Lipinski definition) is 2. The van der Waals surface area contributed by atoms with Gasteiger partial charge in [-0.15, -0.1) is 11.6 Å². The number of carbonyl (C=O) groups excluding carboxylic acids is 1. The molecule has 1 N–H and O–H groups in total. The Hall–Kier alpha value is -1.23. The third kappa shape index (κ3) is 1.98. The number of aromatic nitrogens is 1. The van der Waals surface area contributed by atoms with E-state index < -0.39 is 17.7 Å². The van der Waals surface area contributed by atoms with Crippen molar-refractivity contribution >= 4 is 17.9 Å². The maximum absolute atomic E-state index is 12.4. The number of pyridine rings is 1. The number of H-pyrrole nitrogens is 1. The molecule has 1 aromatic rings. The van der Waals surface area contributed by atoms with Crippen LogP contribution in [0.15, 0.2) is 10.9 Å². The van der Waals surface area contributed by atoms with Gasteiger partial charge >= 0.3 is 0 Å². The lowest BCUT2D eigenvalue weighted by molar-refractivity contribution is 0.112. The highest BCUT2D eigenvalue weighted by Crippen LogP contribution is 2.22. The van der Waals surface area contributed by atoms with Crippen LogP contribution in [0.5, 0.6) is 0 Å². The molecule has 0 aliphatic rings. The molecule has 0 fully saturated rings. The summed E-state index contributed by atoms with van der Waals surface area (Å²) in [6.45, 7) is 0. The smallest absolute Gasteiger partial charge is 0.278 e. The van der Waals surface area contributed by atoms with Crippen LogP contribution in [0.2, 0.25) is 0 Å². The van der Waals surface area contributed by atoms with Crippen molar-refractivity contribution in [3.05, 3.63) is 33.2 Å². The van der Waals surface area contributed by atoms with E-state index >= 15 is 0 Å². The van der Waals surface area contributed by atoms with Crippen LogP contribution in [0.3, 0.4) is 0 Å². The first-order valence-electron chi connectivity index (χ1n) is 3.65. The minimum absolute atomic E-state index is 0.0312. The summed E-state index contributed by atoms with van der Waals surface area (Å²) in [5.74, 6) is -0.246. The molecular weight excluding hydrogens is 216 g/mol. The van der Waals surface area contributed by atoms with Gasteiger partial charge in [-0.1, -0.05) is 0 Å². The van der Waals surface area contributed by atoms with Crippen molar-refractivity contribution in [3.8, 4) is 0 Å². The van der Waals surface area contributed by atoms with E-state index in [1.54, 1.807) is 0 Å². The van der Waals surface area contributed by atoms with E-state index in [1.165, 1.54) is 0 Å². The van der Waals surface area contributed by atoms with Crippen molar-refractivity contribution in [2.75, 3.05) is 0 Å². The second-order valence-corrected chi connectivity index (χ2v) is 2.80. The fourth-order valence-corrected chi connectivity index (χ4v) is 1.37. The minimum Gasteiger partial charge on any atom is -0.321 e. The number of hydrogen-bond donors (Lipinski definition) is 1. The van der Waals surface area contributed by atoms with Gasteiger partial charge in [0.05, 0.1) is 11.6 Å². The average molecular weight is 222 g/mol. The lowest BCUT2D eigenvalue weighted by atomic mass is 10.1. The van der Waals surface area contributed by atoms with Crippen molar-refractivity contribution in [3.63, 3.8) is 0 Å². The van der Waals surface area contributed by atoms with Crippen molar-refractivity contribution in [1.29, 1.82) is 0 Å². The summed E-state index contributed by atoms with van der Waals surface area (Å²) in [6.07, 6.45) is -2.52. The zero-order valence-corrected chi connectivity index (χ0v) is 7.65. The summed E-state index contributed by atoms with van der Waals surface area (Å²) in [4.78, 5) is 23.3. The van der Waals surface area contributed by atoms with E-state index in [9.17, 15) is 18.4 Å². The van der Waals surface area contributed by atoms with Crippen LogP contribution in [0.4, 0.5) is 8.78 Å². The first-order chi connectivity index (χ1) is 6.60. The van der Waals surface area contributed by atoms with Crippen molar-refractivity contribution in [2.45, 2.75) is 12.3 Å². The molecule has 0 bridgehead atoms. The molecule has 1 rings (SSSR count). The SMILES string of the molecule is O=Cc1cc(=O)[nH]c(C(F)F)c1CCl. The average Bonchev–Trinajstić information content (AvgIpc) is 2.16. The minimum atomic E-state index is -2.85. The van der Waals surface area contributed by atoms with Gasteiger partial charge in [-0.05, 0) is 0 Å². The third-order valence-electron chi connectivity index (χ3n) is 1.70. The maximum Gasteiger partial charge on any atom is 0.278 e. The maximum atomic E-state index is 12.4. The molecule has 0 saturated carbocycles. The molecule has 0 atom stereocenters. The molecule has 3 nitrogen and oxygen atoms in total. The number of carbonyl (C=O) groups is 1. The topological polar surface area (TPSA) is 49.9 Å². The van der Waals surface area contributed by atoms with E-state index in [2.05, 4.69) is 0 Å². The largest absolute Gasteiger partial charge is 0.321 e. The van der Waals surface area contributed by atoms with Gasteiger partial charge in [-0.2, -0.15) is 0 Å². The lowest BCUT2D eigenvalue weighted by Crippen LogP contribution is -2.13. The third-order valence-corrected chi connectivity index (χ3v) is 1.96. The monoisotopic (exact) mass is 221 g/mol. The second kappa shape index (κ2) is 4.32. The van der Waals surface area contributed by atoms with Crippen LogP contribution in [0.1, 0.15) is 28.0 Å². The van der Waals surface area contributed by atoms with Gasteiger partial charge in [-0.25, -0.2) is 8.78 Å². The van der Waals surface area contributed by atoms with Crippen LogP contribution in [-0.4, -0.2) is 11.3 Å². The van der Waals surface area contributed by atoms with Gasteiger partial charge < -0.3 is 4.98 Å². The number of rotatable bonds is 3. The predicted octanol–water partition coefficient (Wildman–Crippen LogP) is 1.86. The van der Waals surface area contributed by atoms with Gasteiger partial charge in [0.2, 0.25) is 5.56 Å². The number of aromatic amines is 1. The molecule has 14 heavy (non-hydrogen) atoms. The molecule has 1 heterocycles. The van der Waals surface area contributed by atoms with E-state index in [1.807, 2.05) is 4.98 Å². The molecule has 0 aliphatic heterocycles. The summed E-state index contributed by atoms with van der Waals surface area (Å²) in [7, 11) is 0. The highest BCUT2D eigenvalue weighted by atomic mass is 35.5. The fraction of sp³-hybridized carbons (Fsp3) is 0.250. The molecule has 0 unspecified atom stereocenters. The zero-order valence-electron chi connectivity index (χ0n) is 6.89. The second-order valence-electron chi connectivity index (χ2n) is 2.53. The molecule has 0 radical (unpaired) electrons. The molecule has 0 amide bonds. The molecular formula is C8H6ClF2NO2. The highest BCUT2D eigenvalue weighted by Gasteiger charge is 2.16. The van der Waals surface area contributed by atoms with E-state index in [0.717, 1.165) is 6.07 Å². The summed E-state index contributed by atoms with van der Waals surface area (Å²) >= 11 is 5.40.